The summed E-state index contributed by atoms with van der Waals surface area (Å²) in [6.45, 7) is 6.14. The van der Waals surface area contributed by atoms with Gasteiger partial charge in [0, 0.05) is 0 Å². The molecule has 4 aromatic rings. The second-order valence-electron chi connectivity index (χ2n) is 7.53. The number of rotatable bonds is 7. The van der Waals surface area contributed by atoms with Gasteiger partial charge in [-0.15, -0.1) is 5.10 Å². The van der Waals surface area contributed by atoms with E-state index in [1.807, 2.05) is 26.0 Å². The van der Waals surface area contributed by atoms with Crippen LogP contribution in [0, 0.1) is 26.6 Å². The molecule has 2 heterocycles. The minimum Gasteiger partial charge on any atom is -0.489 e. The van der Waals surface area contributed by atoms with Crippen molar-refractivity contribution >= 4 is 11.9 Å². The summed E-state index contributed by atoms with van der Waals surface area (Å²) >= 11 is 0. The SMILES string of the molecule is Cc1cc(C)cc(OCc2c(C(=O)Nc3ncn(Cc4cccc(F)c4)n3)noc2C)c1. The summed E-state index contributed by atoms with van der Waals surface area (Å²) in [5.74, 6) is 0.460. The molecule has 164 valence electrons. The Morgan fingerprint density at radius 1 is 1.16 bits per heavy atom. The molecule has 0 radical (unpaired) electrons. The largest absolute Gasteiger partial charge is 0.489 e. The molecule has 0 unspecified atom stereocenters. The Morgan fingerprint density at radius 2 is 1.94 bits per heavy atom. The Bertz CT molecular complexity index is 1240. The zero-order valence-corrected chi connectivity index (χ0v) is 17.9. The first-order valence-electron chi connectivity index (χ1n) is 9.99. The maximum absolute atomic E-state index is 13.4. The highest BCUT2D eigenvalue weighted by Gasteiger charge is 2.21. The summed E-state index contributed by atoms with van der Waals surface area (Å²) in [7, 11) is 0. The van der Waals surface area contributed by atoms with Crippen LogP contribution in [0.3, 0.4) is 0 Å². The van der Waals surface area contributed by atoms with E-state index in [4.69, 9.17) is 9.26 Å². The summed E-state index contributed by atoms with van der Waals surface area (Å²) in [5.41, 5.74) is 3.54. The minimum atomic E-state index is -0.510. The van der Waals surface area contributed by atoms with Gasteiger partial charge in [0.25, 0.3) is 5.91 Å². The predicted octanol–water partition coefficient (Wildman–Crippen LogP) is 4.21. The molecule has 0 aliphatic rings. The smallest absolute Gasteiger partial charge is 0.280 e. The number of nitrogens with one attached hydrogen (secondary N) is 1. The van der Waals surface area contributed by atoms with Crippen LogP contribution in [0.5, 0.6) is 5.75 Å². The molecule has 8 nitrogen and oxygen atoms in total. The normalized spacial score (nSPS) is 10.9. The number of nitrogens with zero attached hydrogens (tertiary/aromatic N) is 4. The number of amides is 1. The van der Waals surface area contributed by atoms with E-state index in [9.17, 15) is 9.18 Å². The number of ether oxygens (including phenoxy) is 1. The van der Waals surface area contributed by atoms with Crippen LogP contribution < -0.4 is 10.1 Å². The maximum Gasteiger partial charge on any atom is 0.280 e. The van der Waals surface area contributed by atoms with Crippen molar-refractivity contribution in [3.05, 3.63) is 88.3 Å². The van der Waals surface area contributed by atoms with E-state index < -0.39 is 5.91 Å². The lowest BCUT2D eigenvalue weighted by atomic mass is 10.1. The van der Waals surface area contributed by atoms with Crippen LogP contribution in [0.2, 0.25) is 0 Å². The Labute approximate surface area is 184 Å². The molecular formula is C23H22FN5O3. The van der Waals surface area contributed by atoms with Gasteiger partial charge in [-0.3, -0.25) is 10.1 Å². The highest BCUT2D eigenvalue weighted by atomic mass is 19.1. The van der Waals surface area contributed by atoms with E-state index >= 15 is 0 Å². The summed E-state index contributed by atoms with van der Waals surface area (Å²) in [6.07, 6.45) is 1.46. The molecule has 0 aliphatic carbocycles. The van der Waals surface area contributed by atoms with E-state index in [2.05, 4.69) is 26.6 Å². The van der Waals surface area contributed by atoms with Gasteiger partial charge in [-0.2, -0.15) is 0 Å². The number of anilines is 1. The van der Waals surface area contributed by atoms with E-state index in [1.165, 1.54) is 23.1 Å². The van der Waals surface area contributed by atoms with E-state index in [-0.39, 0.29) is 24.1 Å². The molecule has 0 fully saturated rings. The Hall–Kier alpha value is -4.01. The Morgan fingerprint density at radius 3 is 2.69 bits per heavy atom. The summed E-state index contributed by atoms with van der Waals surface area (Å²) in [6, 6.07) is 12.1. The topological polar surface area (TPSA) is 95.1 Å². The molecule has 2 aromatic carbocycles. The monoisotopic (exact) mass is 435 g/mol. The van der Waals surface area contributed by atoms with Crippen molar-refractivity contribution in [2.24, 2.45) is 0 Å². The van der Waals surface area contributed by atoms with Gasteiger partial charge in [-0.1, -0.05) is 23.4 Å². The van der Waals surface area contributed by atoms with Crippen LogP contribution in [-0.2, 0) is 13.2 Å². The van der Waals surface area contributed by atoms with E-state index in [1.54, 1.807) is 19.1 Å². The van der Waals surface area contributed by atoms with Crippen LogP contribution in [0.4, 0.5) is 10.3 Å². The van der Waals surface area contributed by atoms with Gasteiger partial charge in [-0.05, 0) is 61.7 Å². The van der Waals surface area contributed by atoms with E-state index in [0.717, 1.165) is 16.7 Å². The fourth-order valence-corrected chi connectivity index (χ4v) is 3.32. The first-order valence-corrected chi connectivity index (χ1v) is 9.99. The molecular weight excluding hydrogens is 413 g/mol. The molecule has 2 aromatic heterocycles. The molecule has 1 amide bonds. The third-order valence-electron chi connectivity index (χ3n) is 4.77. The third-order valence-corrected chi connectivity index (χ3v) is 4.77. The molecule has 0 atom stereocenters. The molecule has 0 spiro atoms. The van der Waals surface area contributed by atoms with Crippen molar-refractivity contribution in [2.45, 2.75) is 33.9 Å². The summed E-state index contributed by atoms with van der Waals surface area (Å²) in [5, 5.41) is 10.7. The molecule has 0 saturated carbocycles. The first-order chi connectivity index (χ1) is 15.4. The number of aromatic nitrogens is 4. The number of benzene rings is 2. The molecule has 1 N–H and O–H groups in total. The van der Waals surface area contributed by atoms with Gasteiger partial charge in [0.05, 0.1) is 12.1 Å². The zero-order chi connectivity index (χ0) is 22.7. The van der Waals surface area contributed by atoms with Crippen molar-refractivity contribution in [3.63, 3.8) is 0 Å². The fourth-order valence-electron chi connectivity index (χ4n) is 3.32. The number of carbonyl (C=O) groups is 1. The van der Waals surface area contributed by atoms with Crippen LogP contribution in [0.25, 0.3) is 0 Å². The lowest BCUT2D eigenvalue weighted by molar-refractivity contribution is 0.101. The Balaban J connectivity index is 1.43. The van der Waals surface area contributed by atoms with Crippen LogP contribution in [0.15, 0.2) is 53.3 Å². The lowest BCUT2D eigenvalue weighted by Crippen LogP contribution is -2.16. The quantitative estimate of drug-likeness (QED) is 0.467. The van der Waals surface area contributed by atoms with Crippen molar-refractivity contribution in [3.8, 4) is 5.75 Å². The zero-order valence-electron chi connectivity index (χ0n) is 17.9. The van der Waals surface area contributed by atoms with Gasteiger partial charge < -0.3 is 9.26 Å². The molecule has 4 rings (SSSR count). The number of hydrogen-bond acceptors (Lipinski definition) is 6. The highest BCUT2D eigenvalue weighted by molar-refractivity contribution is 6.02. The van der Waals surface area contributed by atoms with Gasteiger partial charge in [-0.25, -0.2) is 14.1 Å². The second kappa shape index (κ2) is 9.01. The molecule has 0 bridgehead atoms. The van der Waals surface area contributed by atoms with Gasteiger partial charge >= 0.3 is 0 Å². The number of halogens is 1. The molecule has 0 saturated heterocycles. The number of aryl methyl sites for hydroxylation is 3. The Kier molecular flexibility index (Phi) is 5.98. The number of hydrogen-bond donors (Lipinski definition) is 1. The van der Waals surface area contributed by atoms with E-state index in [0.29, 0.717) is 23.6 Å². The van der Waals surface area contributed by atoms with Crippen molar-refractivity contribution in [1.29, 1.82) is 0 Å². The van der Waals surface area contributed by atoms with Crippen LogP contribution >= 0.6 is 0 Å². The molecule has 32 heavy (non-hydrogen) atoms. The summed E-state index contributed by atoms with van der Waals surface area (Å²) < 4.78 is 25.9. The fraction of sp³-hybridized carbons (Fsp3) is 0.217. The highest BCUT2D eigenvalue weighted by Crippen LogP contribution is 2.21. The minimum absolute atomic E-state index is 0.105. The van der Waals surface area contributed by atoms with Crippen LogP contribution in [0.1, 0.15) is 38.5 Å². The van der Waals surface area contributed by atoms with Gasteiger partial charge in [0.15, 0.2) is 5.69 Å². The standard InChI is InChI=1S/C23H22FN5O3/c1-14-7-15(2)9-19(8-14)31-12-20-16(3)32-28-21(20)22(30)26-23-25-13-29(27-23)11-17-5-4-6-18(24)10-17/h4-10,13H,11-12H2,1-3H3,(H,26,27,30). The second-order valence-corrected chi connectivity index (χ2v) is 7.53. The number of carbonyl (C=O) groups excluding carboxylic acids is 1. The van der Waals surface area contributed by atoms with Crippen molar-refractivity contribution < 1.29 is 18.4 Å². The lowest BCUT2D eigenvalue weighted by Gasteiger charge is -2.08. The van der Waals surface area contributed by atoms with Crippen LogP contribution in [-0.4, -0.2) is 25.8 Å². The third kappa shape index (κ3) is 5.00. The first kappa shape index (κ1) is 21.2. The van der Waals surface area contributed by atoms with Crippen molar-refractivity contribution in [1.82, 2.24) is 19.9 Å². The van der Waals surface area contributed by atoms with Gasteiger partial charge in [0.1, 0.15) is 30.3 Å². The maximum atomic E-state index is 13.4. The van der Waals surface area contributed by atoms with Crippen molar-refractivity contribution in [2.75, 3.05) is 5.32 Å². The average molecular weight is 435 g/mol. The summed E-state index contributed by atoms with van der Waals surface area (Å²) in [4.78, 5) is 16.8. The van der Waals surface area contributed by atoms with Gasteiger partial charge in [0.2, 0.25) is 5.95 Å². The average Bonchev–Trinajstić information content (AvgIpc) is 3.31. The molecule has 9 heteroatoms. The molecule has 0 aliphatic heterocycles. The predicted molar refractivity (Wildman–Crippen MR) is 115 cm³/mol.